The minimum absolute atomic E-state index is 0.863. The molecule has 0 aliphatic rings. The van der Waals surface area contributed by atoms with E-state index in [-0.39, 0.29) is 0 Å². The van der Waals surface area contributed by atoms with Crippen LogP contribution in [0.3, 0.4) is 0 Å². The summed E-state index contributed by atoms with van der Waals surface area (Å²) in [7, 11) is 4.10. The van der Waals surface area contributed by atoms with Crippen LogP contribution in [0.25, 0.3) is 0 Å². The van der Waals surface area contributed by atoms with Crippen molar-refractivity contribution in [1.29, 1.82) is 0 Å². The highest BCUT2D eigenvalue weighted by Gasteiger charge is 2.14. The van der Waals surface area contributed by atoms with E-state index in [2.05, 4.69) is 50.3 Å². The fourth-order valence-electron chi connectivity index (χ4n) is 1.90. The average Bonchev–Trinajstić information content (AvgIpc) is 2.92. The molecule has 6 heteroatoms. The van der Waals surface area contributed by atoms with Crippen molar-refractivity contribution in [3.05, 3.63) is 32.4 Å². The van der Waals surface area contributed by atoms with Gasteiger partial charge in [0.05, 0.1) is 27.1 Å². The van der Waals surface area contributed by atoms with Crippen molar-refractivity contribution in [3.63, 3.8) is 0 Å². The normalized spacial score (nSPS) is 11.4. The maximum absolute atomic E-state index is 4.51. The molecule has 2 aromatic heterocycles. The summed E-state index contributed by atoms with van der Waals surface area (Å²) in [6, 6.07) is 0. The van der Waals surface area contributed by atoms with Gasteiger partial charge in [-0.1, -0.05) is 6.92 Å². The molecule has 0 aromatic carbocycles. The average molecular weight is 329 g/mol. The summed E-state index contributed by atoms with van der Waals surface area (Å²) in [5, 5.41) is 6.60. The van der Waals surface area contributed by atoms with Gasteiger partial charge in [0.25, 0.3) is 0 Å². The van der Waals surface area contributed by atoms with Crippen LogP contribution in [-0.4, -0.2) is 26.7 Å². The van der Waals surface area contributed by atoms with Crippen LogP contribution in [0.15, 0.2) is 15.4 Å². The second kappa shape index (κ2) is 5.95. The number of halogens is 1. The molecule has 0 aliphatic heterocycles. The number of aromatic nitrogens is 3. The Balaban J connectivity index is 2.07. The van der Waals surface area contributed by atoms with Gasteiger partial charge in [-0.2, -0.15) is 5.10 Å². The van der Waals surface area contributed by atoms with Gasteiger partial charge in [-0.05, 0) is 29.4 Å². The van der Waals surface area contributed by atoms with Gasteiger partial charge in [-0.3, -0.25) is 9.58 Å². The van der Waals surface area contributed by atoms with Crippen molar-refractivity contribution in [3.8, 4) is 0 Å². The van der Waals surface area contributed by atoms with E-state index >= 15 is 0 Å². The quantitative estimate of drug-likeness (QED) is 0.846. The molecule has 0 saturated carbocycles. The molecule has 98 valence electrons. The number of thiazole rings is 1. The number of hydrogen-bond donors (Lipinski definition) is 0. The standard InChI is InChI=1S/C12H17BrN4S/c1-4-10-12(13)11(17(3)15-10)6-16(2)5-9-7-18-8-14-9/h7-8H,4-6H2,1-3H3. The second-order valence-corrected chi connectivity index (χ2v) is 5.85. The molecule has 0 fully saturated rings. The monoisotopic (exact) mass is 328 g/mol. The highest BCUT2D eigenvalue weighted by Crippen LogP contribution is 2.23. The van der Waals surface area contributed by atoms with E-state index in [9.17, 15) is 0 Å². The van der Waals surface area contributed by atoms with Crippen LogP contribution in [0.5, 0.6) is 0 Å². The first-order valence-electron chi connectivity index (χ1n) is 5.87. The van der Waals surface area contributed by atoms with Gasteiger partial charge in [0.1, 0.15) is 0 Å². The zero-order chi connectivity index (χ0) is 13.1. The summed E-state index contributed by atoms with van der Waals surface area (Å²) in [6.45, 7) is 3.85. The second-order valence-electron chi connectivity index (χ2n) is 4.34. The molecule has 0 unspecified atom stereocenters. The van der Waals surface area contributed by atoms with Gasteiger partial charge in [0, 0.05) is 25.5 Å². The lowest BCUT2D eigenvalue weighted by molar-refractivity contribution is 0.306. The van der Waals surface area contributed by atoms with Crippen LogP contribution in [0.1, 0.15) is 24.0 Å². The van der Waals surface area contributed by atoms with Crippen molar-refractivity contribution in [1.82, 2.24) is 19.7 Å². The summed E-state index contributed by atoms with van der Waals surface area (Å²) in [5.74, 6) is 0. The third-order valence-electron chi connectivity index (χ3n) is 2.84. The number of nitrogens with zero attached hydrogens (tertiary/aromatic N) is 4. The van der Waals surface area contributed by atoms with Crippen LogP contribution in [0.4, 0.5) is 0 Å². The molecular formula is C12H17BrN4S. The molecule has 0 atom stereocenters. The highest BCUT2D eigenvalue weighted by molar-refractivity contribution is 9.10. The van der Waals surface area contributed by atoms with Gasteiger partial charge in [-0.25, -0.2) is 4.98 Å². The first-order valence-corrected chi connectivity index (χ1v) is 7.61. The summed E-state index contributed by atoms with van der Waals surface area (Å²) < 4.78 is 3.10. The van der Waals surface area contributed by atoms with Crippen molar-refractivity contribution in [2.75, 3.05) is 7.05 Å². The van der Waals surface area contributed by atoms with E-state index in [1.807, 2.05) is 17.2 Å². The summed E-state index contributed by atoms with van der Waals surface area (Å²) in [5.41, 5.74) is 5.33. The molecule has 0 radical (unpaired) electrons. The Morgan fingerprint density at radius 1 is 1.44 bits per heavy atom. The Labute approximate surface area is 120 Å². The lowest BCUT2D eigenvalue weighted by Gasteiger charge is -2.15. The lowest BCUT2D eigenvalue weighted by Crippen LogP contribution is -2.19. The Kier molecular flexibility index (Phi) is 4.53. The van der Waals surface area contributed by atoms with Gasteiger partial charge >= 0.3 is 0 Å². The topological polar surface area (TPSA) is 34.0 Å². The Bertz CT molecular complexity index is 506. The molecule has 0 N–H and O–H groups in total. The summed E-state index contributed by atoms with van der Waals surface area (Å²) in [6.07, 6.45) is 0.949. The predicted octanol–water partition coefficient (Wildman–Crippen LogP) is 2.83. The van der Waals surface area contributed by atoms with E-state index in [1.165, 1.54) is 5.69 Å². The molecule has 2 rings (SSSR count). The van der Waals surface area contributed by atoms with Crippen molar-refractivity contribution in [2.24, 2.45) is 7.05 Å². The molecule has 0 bridgehead atoms. The van der Waals surface area contributed by atoms with Crippen molar-refractivity contribution in [2.45, 2.75) is 26.4 Å². The molecule has 0 amide bonds. The molecule has 0 saturated heterocycles. The van der Waals surface area contributed by atoms with E-state index in [0.29, 0.717) is 0 Å². The van der Waals surface area contributed by atoms with Crippen LogP contribution in [0, 0.1) is 0 Å². The molecule has 2 heterocycles. The van der Waals surface area contributed by atoms with Crippen LogP contribution >= 0.6 is 27.3 Å². The molecule has 0 spiro atoms. The summed E-state index contributed by atoms with van der Waals surface area (Å²) >= 11 is 5.28. The maximum Gasteiger partial charge on any atom is 0.0795 e. The van der Waals surface area contributed by atoms with Crippen LogP contribution in [-0.2, 0) is 26.6 Å². The van der Waals surface area contributed by atoms with E-state index in [1.54, 1.807) is 11.3 Å². The number of rotatable bonds is 5. The molecule has 2 aromatic rings. The van der Waals surface area contributed by atoms with E-state index < -0.39 is 0 Å². The van der Waals surface area contributed by atoms with Crippen LogP contribution < -0.4 is 0 Å². The smallest absolute Gasteiger partial charge is 0.0795 e. The first-order chi connectivity index (χ1) is 8.61. The van der Waals surface area contributed by atoms with E-state index in [4.69, 9.17) is 0 Å². The third-order valence-corrected chi connectivity index (χ3v) is 4.39. The zero-order valence-electron chi connectivity index (χ0n) is 10.9. The Hall–Kier alpha value is -0.720. The predicted molar refractivity (Wildman–Crippen MR) is 77.6 cm³/mol. The van der Waals surface area contributed by atoms with Gasteiger partial charge in [0.2, 0.25) is 0 Å². The SMILES string of the molecule is CCc1nn(C)c(CN(C)Cc2cscn2)c1Br. The Morgan fingerprint density at radius 3 is 2.78 bits per heavy atom. The zero-order valence-corrected chi connectivity index (χ0v) is 13.3. The molecule has 18 heavy (non-hydrogen) atoms. The Morgan fingerprint density at radius 2 is 2.22 bits per heavy atom. The minimum Gasteiger partial charge on any atom is -0.295 e. The maximum atomic E-state index is 4.51. The van der Waals surface area contributed by atoms with E-state index in [0.717, 1.165) is 35.4 Å². The van der Waals surface area contributed by atoms with Gasteiger partial charge in [0.15, 0.2) is 0 Å². The highest BCUT2D eigenvalue weighted by atomic mass is 79.9. The third kappa shape index (κ3) is 2.99. The van der Waals surface area contributed by atoms with Crippen molar-refractivity contribution >= 4 is 27.3 Å². The molecule has 0 aliphatic carbocycles. The fourth-order valence-corrected chi connectivity index (χ4v) is 3.19. The largest absolute Gasteiger partial charge is 0.295 e. The summed E-state index contributed by atoms with van der Waals surface area (Å²) in [4.78, 5) is 6.55. The minimum atomic E-state index is 0.863. The first kappa shape index (κ1) is 13.7. The van der Waals surface area contributed by atoms with Gasteiger partial charge < -0.3 is 0 Å². The van der Waals surface area contributed by atoms with Gasteiger partial charge in [-0.15, -0.1) is 11.3 Å². The molecular weight excluding hydrogens is 312 g/mol. The fraction of sp³-hybridized carbons (Fsp3) is 0.500. The molecule has 4 nitrogen and oxygen atoms in total. The number of hydrogen-bond acceptors (Lipinski definition) is 4. The number of aryl methyl sites for hydroxylation is 2. The lowest BCUT2D eigenvalue weighted by atomic mass is 10.3. The van der Waals surface area contributed by atoms with Crippen LogP contribution in [0.2, 0.25) is 0 Å². The van der Waals surface area contributed by atoms with Crippen molar-refractivity contribution < 1.29 is 0 Å².